The molecule has 1 amide bonds. The number of anilines is 1. The second-order valence-electron chi connectivity index (χ2n) is 10.5. The Morgan fingerprint density at radius 2 is 1.50 bits per heavy atom. The van der Waals surface area contributed by atoms with Crippen molar-refractivity contribution in [3.05, 3.63) is 89.5 Å². The van der Waals surface area contributed by atoms with E-state index in [1.165, 1.54) is 0 Å². The van der Waals surface area contributed by atoms with Crippen molar-refractivity contribution in [2.45, 2.75) is 65.1 Å². The Morgan fingerprint density at radius 1 is 0.861 bits per heavy atom. The Bertz CT molecular complexity index is 1160. The topological polar surface area (TPSA) is 56.8 Å². The molecule has 0 unspecified atom stereocenters. The molecule has 6 heteroatoms. The molecule has 3 aromatic rings. The number of hydrogen-bond acceptors (Lipinski definition) is 4. The van der Waals surface area contributed by atoms with Crippen molar-refractivity contribution in [2.24, 2.45) is 0 Å². The molecule has 0 saturated carbocycles. The van der Waals surface area contributed by atoms with Gasteiger partial charge in [-0.05, 0) is 75.3 Å². The highest BCUT2D eigenvalue weighted by Crippen LogP contribution is 2.36. The molecule has 0 spiro atoms. The average molecular weight is 485 g/mol. The number of carbonyl (C=O) groups excluding carboxylic acids is 1. The molecule has 36 heavy (non-hydrogen) atoms. The molecular weight excluding hydrogens is 449 g/mol. The average Bonchev–Trinajstić information content (AvgIpc) is 3.07. The maximum absolute atomic E-state index is 12.6. The third-order valence-corrected chi connectivity index (χ3v) is 7.05. The molecule has 1 aliphatic rings. The van der Waals surface area contributed by atoms with E-state index in [0.717, 1.165) is 28.6 Å². The molecule has 5 nitrogen and oxygen atoms in total. The van der Waals surface area contributed by atoms with Gasteiger partial charge < -0.3 is 19.4 Å². The van der Waals surface area contributed by atoms with Gasteiger partial charge in [-0.2, -0.15) is 0 Å². The van der Waals surface area contributed by atoms with E-state index in [9.17, 15) is 4.79 Å². The van der Waals surface area contributed by atoms with Gasteiger partial charge in [0.25, 0.3) is 0 Å². The summed E-state index contributed by atoms with van der Waals surface area (Å²) >= 11 is 0. The smallest absolute Gasteiger partial charge is 0.491 e. The summed E-state index contributed by atoms with van der Waals surface area (Å²) in [6.07, 6.45) is 1.88. The van der Waals surface area contributed by atoms with Crippen molar-refractivity contribution in [3.63, 3.8) is 0 Å². The van der Waals surface area contributed by atoms with E-state index in [4.69, 9.17) is 14.0 Å². The number of hydrogen-bond donors (Lipinski definition) is 1. The summed E-state index contributed by atoms with van der Waals surface area (Å²) in [4.78, 5) is 12.6. The Hall–Kier alpha value is -3.09. The first-order valence-electron chi connectivity index (χ1n) is 12.6. The normalized spacial score (nSPS) is 16.1. The lowest BCUT2D eigenvalue weighted by molar-refractivity contribution is -0.116. The molecule has 1 aliphatic heterocycles. The molecule has 0 radical (unpaired) electrons. The summed E-state index contributed by atoms with van der Waals surface area (Å²) < 4.78 is 18.4. The minimum absolute atomic E-state index is 0.0207. The van der Waals surface area contributed by atoms with E-state index in [-0.39, 0.29) is 24.2 Å². The minimum atomic E-state index is -0.360. The molecule has 1 heterocycles. The first-order chi connectivity index (χ1) is 17.1. The van der Waals surface area contributed by atoms with Crippen molar-refractivity contribution in [1.82, 2.24) is 0 Å². The zero-order valence-electron chi connectivity index (χ0n) is 22.0. The number of carbonyl (C=O) groups is 1. The molecule has 1 saturated heterocycles. The number of amides is 1. The van der Waals surface area contributed by atoms with Crippen molar-refractivity contribution in [1.29, 1.82) is 0 Å². The largest absolute Gasteiger partial charge is 0.494 e. The summed E-state index contributed by atoms with van der Waals surface area (Å²) in [5, 5.41) is 3.03. The molecular formula is C30H36BNO4. The lowest BCUT2D eigenvalue weighted by Gasteiger charge is -2.32. The quantitative estimate of drug-likeness (QED) is 0.408. The highest BCUT2D eigenvalue weighted by molar-refractivity contribution is 6.62. The molecule has 4 rings (SSSR count). The fraction of sp³-hybridized carbons (Fsp3) is 0.367. The molecule has 1 N–H and O–H groups in total. The van der Waals surface area contributed by atoms with Crippen LogP contribution in [0.1, 0.15) is 50.8 Å². The van der Waals surface area contributed by atoms with Gasteiger partial charge in [-0.3, -0.25) is 4.79 Å². The monoisotopic (exact) mass is 485 g/mol. The fourth-order valence-corrected chi connectivity index (χ4v) is 4.08. The van der Waals surface area contributed by atoms with E-state index in [2.05, 4.69) is 57.3 Å². The first kappa shape index (κ1) is 26.0. The highest BCUT2D eigenvalue weighted by Gasteiger charge is 2.51. The number of aryl methyl sites for hydroxylation is 2. The zero-order valence-corrected chi connectivity index (χ0v) is 22.0. The van der Waals surface area contributed by atoms with Crippen LogP contribution in [0.15, 0.2) is 72.8 Å². The van der Waals surface area contributed by atoms with Gasteiger partial charge in [-0.15, -0.1) is 0 Å². The second kappa shape index (κ2) is 10.9. The zero-order chi connectivity index (χ0) is 25.8. The van der Waals surface area contributed by atoms with Gasteiger partial charge in [-0.1, -0.05) is 60.7 Å². The van der Waals surface area contributed by atoms with Crippen LogP contribution in [0, 0.1) is 6.92 Å². The van der Waals surface area contributed by atoms with Crippen LogP contribution in [0.3, 0.4) is 0 Å². The van der Waals surface area contributed by atoms with E-state index in [0.29, 0.717) is 30.9 Å². The minimum Gasteiger partial charge on any atom is -0.491 e. The van der Waals surface area contributed by atoms with Crippen LogP contribution in [-0.4, -0.2) is 30.8 Å². The maximum atomic E-state index is 12.6. The van der Waals surface area contributed by atoms with E-state index in [1.54, 1.807) is 0 Å². The standard InChI is InChI=1S/C30H36BNO4/c1-22-11-17-27(26(21-22)32-28(33)18-14-23-9-7-6-8-10-23)34-20-19-24-12-15-25(16-13-24)31-35-29(2,3)30(4,5)36-31/h6-13,15-17,21H,14,18-20H2,1-5H3,(H,32,33). The summed E-state index contributed by atoms with van der Waals surface area (Å²) in [6, 6.07) is 24.2. The van der Waals surface area contributed by atoms with Gasteiger partial charge in [0.2, 0.25) is 5.91 Å². The predicted octanol–water partition coefficient (Wildman–Crippen LogP) is 5.49. The Balaban J connectivity index is 1.31. The summed E-state index contributed by atoms with van der Waals surface area (Å²) in [7, 11) is -0.360. The molecule has 188 valence electrons. The number of nitrogens with one attached hydrogen (secondary N) is 1. The maximum Gasteiger partial charge on any atom is 0.494 e. The van der Waals surface area contributed by atoms with Crippen molar-refractivity contribution in [3.8, 4) is 5.75 Å². The lowest BCUT2D eigenvalue weighted by atomic mass is 9.79. The van der Waals surface area contributed by atoms with Crippen LogP contribution in [0.5, 0.6) is 5.75 Å². The molecule has 3 aromatic carbocycles. The third kappa shape index (κ3) is 6.37. The molecule has 0 bridgehead atoms. The van der Waals surface area contributed by atoms with Gasteiger partial charge >= 0.3 is 7.12 Å². The van der Waals surface area contributed by atoms with Gasteiger partial charge in [0.05, 0.1) is 23.5 Å². The van der Waals surface area contributed by atoms with Gasteiger partial charge in [-0.25, -0.2) is 0 Å². The van der Waals surface area contributed by atoms with Gasteiger partial charge in [0.1, 0.15) is 5.75 Å². The van der Waals surface area contributed by atoms with Crippen LogP contribution >= 0.6 is 0 Å². The van der Waals surface area contributed by atoms with Crippen LogP contribution < -0.4 is 15.5 Å². The molecule has 0 aliphatic carbocycles. The Labute approximate surface area is 215 Å². The molecule has 1 fully saturated rings. The van der Waals surface area contributed by atoms with Gasteiger partial charge in [0.15, 0.2) is 0 Å². The van der Waals surface area contributed by atoms with E-state index >= 15 is 0 Å². The predicted molar refractivity (Wildman–Crippen MR) is 146 cm³/mol. The summed E-state index contributed by atoms with van der Waals surface area (Å²) in [5.74, 6) is 0.662. The van der Waals surface area contributed by atoms with Crippen molar-refractivity contribution >= 4 is 24.2 Å². The SMILES string of the molecule is Cc1ccc(OCCc2ccc(B3OC(C)(C)C(C)(C)O3)cc2)c(NC(=O)CCc2ccccc2)c1. The summed E-state index contributed by atoms with van der Waals surface area (Å²) in [6.45, 7) is 10.7. The summed E-state index contributed by atoms with van der Waals surface area (Å²) in [5.41, 5.74) is 4.40. The van der Waals surface area contributed by atoms with Gasteiger partial charge in [0, 0.05) is 12.8 Å². The van der Waals surface area contributed by atoms with Crippen LogP contribution in [0.4, 0.5) is 5.69 Å². The second-order valence-corrected chi connectivity index (χ2v) is 10.5. The Kier molecular flexibility index (Phi) is 7.87. The van der Waals surface area contributed by atoms with Crippen LogP contribution in [0.2, 0.25) is 0 Å². The number of rotatable bonds is 9. The van der Waals surface area contributed by atoms with Crippen molar-refractivity contribution in [2.75, 3.05) is 11.9 Å². The lowest BCUT2D eigenvalue weighted by Crippen LogP contribution is -2.41. The number of benzene rings is 3. The van der Waals surface area contributed by atoms with E-state index in [1.807, 2.05) is 55.5 Å². The van der Waals surface area contributed by atoms with E-state index < -0.39 is 0 Å². The first-order valence-corrected chi connectivity index (χ1v) is 12.6. The van der Waals surface area contributed by atoms with Crippen LogP contribution in [0.25, 0.3) is 0 Å². The number of ether oxygens (including phenoxy) is 1. The van der Waals surface area contributed by atoms with Crippen LogP contribution in [-0.2, 0) is 26.9 Å². The third-order valence-electron chi connectivity index (χ3n) is 7.05. The molecule has 0 atom stereocenters. The Morgan fingerprint density at radius 3 is 2.17 bits per heavy atom. The fourth-order valence-electron chi connectivity index (χ4n) is 4.08. The molecule has 0 aromatic heterocycles. The van der Waals surface area contributed by atoms with Crippen molar-refractivity contribution < 1.29 is 18.8 Å². The highest BCUT2D eigenvalue weighted by atomic mass is 16.7.